The molecule has 0 aliphatic carbocycles. The lowest BCUT2D eigenvalue weighted by atomic mass is 10.0. The second-order valence-corrected chi connectivity index (χ2v) is 13.7. The number of unbranched alkanes of at least 4 members (excludes halogenated alkanes) is 16. The molecular formula is C39H73N3O11. The van der Waals surface area contributed by atoms with Crippen LogP contribution < -0.4 is 16.4 Å². The lowest BCUT2D eigenvalue weighted by molar-refractivity contribution is -0.139. The molecule has 0 unspecified atom stereocenters. The second-order valence-electron chi connectivity index (χ2n) is 13.7. The molecule has 0 spiro atoms. The van der Waals surface area contributed by atoms with E-state index in [1.165, 1.54) is 70.6 Å². The highest BCUT2D eigenvalue weighted by Gasteiger charge is 2.10. The van der Waals surface area contributed by atoms with Crippen LogP contribution in [0, 0.1) is 0 Å². The minimum atomic E-state index is -1.02. The standard InChI is InChI=1S/C39H73N3O11/c40-35(39(48)49)21-17-18-24-41-37(45)33-53-31-28-50-26-19-20-34(43)32-52-30-29-51-27-25-42-36(44)22-15-13-11-9-7-5-3-1-2-4-6-8-10-12-14-16-23-38(46)47/h35H,1-33,40H2,(H,41,45)(H,42,44)(H,46,47)(H,48,49)/t35-/m0/s1. The highest BCUT2D eigenvalue weighted by molar-refractivity contribution is 5.79. The van der Waals surface area contributed by atoms with Crippen LogP contribution in [0.2, 0.25) is 0 Å². The Morgan fingerprint density at radius 1 is 0.453 bits per heavy atom. The van der Waals surface area contributed by atoms with Crippen LogP contribution in [0.25, 0.3) is 0 Å². The third-order valence-electron chi connectivity index (χ3n) is 8.68. The first kappa shape index (κ1) is 50.4. The Bertz CT molecular complexity index is 923. The number of nitrogens with one attached hydrogen (secondary N) is 2. The van der Waals surface area contributed by atoms with E-state index >= 15 is 0 Å². The van der Waals surface area contributed by atoms with Crippen LogP contribution >= 0.6 is 0 Å². The summed E-state index contributed by atoms with van der Waals surface area (Å²) in [5.74, 6) is -1.92. The van der Waals surface area contributed by atoms with Crippen LogP contribution in [-0.4, -0.2) is 112 Å². The molecular weight excluding hydrogens is 686 g/mol. The number of carboxylic acids is 2. The van der Waals surface area contributed by atoms with Gasteiger partial charge in [-0.15, -0.1) is 0 Å². The van der Waals surface area contributed by atoms with E-state index in [4.69, 9.17) is 34.9 Å². The van der Waals surface area contributed by atoms with Crippen molar-refractivity contribution < 1.29 is 53.1 Å². The third-order valence-corrected chi connectivity index (χ3v) is 8.68. The van der Waals surface area contributed by atoms with Crippen molar-refractivity contribution in [3.05, 3.63) is 0 Å². The number of rotatable bonds is 42. The number of amides is 2. The summed E-state index contributed by atoms with van der Waals surface area (Å²) < 4.78 is 21.5. The molecule has 53 heavy (non-hydrogen) atoms. The van der Waals surface area contributed by atoms with Crippen LogP contribution in [-0.2, 0) is 42.9 Å². The number of ketones is 1. The Labute approximate surface area is 318 Å². The fourth-order valence-electron chi connectivity index (χ4n) is 5.51. The molecule has 0 radical (unpaired) electrons. The topological polar surface area (TPSA) is 213 Å². The molecule has 6 N–H and O–H groups in total. The normalized spacial score (nSPS) is 11.7. The van der Waals surface area contributed by atoms with E-state index in [-0.39, 0.29) is 37.4 Å². The van der Waals surface area contributed by atoms with Crippen molar-refractivity contribution in [3.8, 4) is 0 Å². The monoisotopic (exact) mass is 760 g/mol. The van der Waals surface area contributed by atoms with Crippen molar-refractivity contribution in [2.75, 3.05) is 65.9 Å². The minimum Gasteiger partial charge on any atom is -0.481 e. The molecule has 0 aliphatic rings. The van der Waals surface area contributed by atoms with Crippen molar-refractivity contribution in [3.63, 3.8) is 0 Å². The van der Waals surface area contributed by atoms with E-state index < -0.39 is 18.0 Å². The zero-order chi connectivity index (χ0) is 39.0. The molecule has 0 rings (SSSR count). The van der Waals surface area contributed by atoms with Crippen LogP contribution in [0.1, 0.15) is 148 Å². The van der Waals surface area contributed by atoms with E-state index in [0.717, 1.165) is 32.1 Å². The minimum absolute atomic E-state index is 0.0168. The zero-order valence-corrected chi connectivity index (χ0v) is 32.6. The number of carbonyl (C=O) groups is 5. The molecule has 14 nitrogen and oxygen atoms in total. The molecule has 0 saturated carbocycles. The van der Waals surface area contributed by atoms with E-state index in [1.807, 2.05) is 0 Å². The van der Waals surface area contributed by atoms with Crippen LogP contribution in [0.5, 0.6) is 0 Å². The van der Waals surface area contributed by atoms with Crippen molar-refractivity contribution in [2.24, 2.45) is 5.73 Å². The number of Topliss-reactive ketones (excluding diaryl/α,β-unsaturated/α-hetero) is 1. The first-order valence-electron chi connectivity index (χ1n) is 20.3. The van der Waals surface area contributed by atoms with E-state index in [9.17, 15) is 24.0 Å². The van der Waals surface area contributed by atoms with Gasteiger partial charge in [0.2, 0.25) is 11.8 Å². The van der Waals surface area contributed by atoms with Gasteiger partial charge in [-0.3, -0.25) is 24.0 Å². The molecule has 0 bridgehead atoms. The van der Waals surface area contributed by atoms with E-state index in [1.54, 1.807) is 0 Å². The lowest BCUT2D eigenvalue weighted by Crippen LogP contribution is -2.31. The average molecular weight is 760 g/mol. The van der Waals surface area contributed by atoms with Gasteiger partial charge in [-0.05, 0) is 38.5 Å². The van der Waals surface area contributed by atoms with Gasteiger partial charge in [0.1, 0.15) is 19.3 Å². The zero-order valence-electron chi connectivity index (χ0n) is 32.6. The summed E-state index contributed by atoms with van der Waals surface area (Å²) in [6.45, 7) is 2.86. The molecule has 0 aromatic heterocycles. The summed E-state index contributed by atoms with van der Waals surface area (Å²) in [4.78, 5) is 56.8. The van der Waals surface area contributed by atoms with Gasteiger partial charge < -0.3 is 45.5 Å². The van der Waals surface area contributed by atoms with Crippen LogP contribution in [0.3, 0.4) is 0 Å². The summed E-state index contributed by atoms with van der Waals surface area (Å²) in [6.07, 6.45) is 22.4. The van der Waals surface area contributed by atoms with Crippen molar-refractivity contribution in [1.29, 1.82) is 0 Å². The highest BCUT2D eigenvalue weighted by Crippen LogP contribution is 2.14. The third kappa shape index (κ3) is 40.4. The second kappa shape index (κ2) is 39.1. The molecule has 310 valence electrons. The predicted octanol–water partition coefficient (Wildman–Crippen LogP) is 5.32. The van der Waals surface area contributed by atoms with Crippen molar-refractivity contribution in [2.45, 2.75) is 154 Å². The number of carbonyl (C=O) groups excluding carboxylic acids is 3. The summed E-state index contributed by atoms with van der Waals surface area (Å²) >= 11 is 0. The Morgan fingerprint density at radius 2 is 0.925 bits per heavy atom. The van der Waals surface area contributed by atoms with Gasteiger partial charge in [-0.25, -0.2) is 0 Å². The molecule has 1 atom stereocenters. The Hall–Kier alpha value is -2.65. The summed E-state index contributed by atoms with van der Waals surface area (Å²) in [5, 5.41) is 22.9. The van der Waals surface area contributed by atoms with Gasteiger partial charge in [0.25, 0.3) is 0 Å². The Balaban J connectivity index is 3.32. The number of ether oxygens (including phenoxy) is 4. The fourth-order valence-corrected chi connectivity index (χ4v) is 5.51. The SMILES string of the molecule is N[C@@H](CCCCNC(=O)COCCOCCCC(=O)COCCOCCNC(=O)CCCCCCCCCCCCCCCCCCC(=O)O)C(=O)O. The van der Waals surface area contributed by atoms with Crippen molar-refractivity contribution >= 4 is 29.5 Å². The van der Waals surface area contributed by atoms with Gasteiger partial charge in [0, 0.05) is 39.0 Å². The highest BCUT2D eigenvalue weighted by atomic mass is 16.5. The number of carboxylic acid groups (broad SMARTS) is 2. The number of nitrogens with two attached hydrogens (primary N) is 1. The summed E-state index contributed by atoms with van der Waals surface area (Å²) in [7, 11) is 0. The molecule has 2 amide bonds. The average Bonchev–Trinajstić information content (AvgIpc) is 3.12. The van der Waals surface area contributed by atoms with Crippen LogP contribution in [0.4, 0.5) is 0 Å². The molecule has 14 heteroatoms. The summed E-state index contributed by atoms with van der Waals surface area (Å²) in [6, 6.07) is -0.873. The Morgan fingerprint density at radius 3 is 1.47 bits per heavy atom. The number of aliphatic carboxylic acids is 2. The first-order chi connectivity index (χ1) is 25.7. The van der Waals surface area contributed by atoms with Gasteiger partial charge >= 0.3 is 11.9 Å². The smallest absolute Gasteiger partial charge is 0.320 e. The predicted molar refractivity (Wildman–Crippen MR) is 204 cm³/mol. The van der Waals surface area contributed by atoms with Gasteiger partial charge in [-0.2, -0.15) is 0 Å². The quantitative estimate of drug-likeness (QED) is 0.0500. The summed E-state index contributed by atoms with van der Waals surface area (Å²) in [5.41, 5.74) is 5.43. The van der Waals surface area contributed by atoms with Gasteiger partial charge in [0.15, 0.2) is 5.78 Å². The van der Waals surface area contributed by atoms with E-state index in [0.29, 0.717) is 91.1 Å². The fraction of sp³-hybridized carbons (Fsp3) is 0.872. The maximum absolute atomic E-state index is 12.0. The molecule has 0 aromatic rings. The van der Waals surface area contributed by atoms with Gasteiger partial charge in [-0.1, -0.05) is 89.9 Å². The largest absolute Gasteiger partial charge is 0.481 e. The van der Waals surface area contributed by atoms with Crippen molar-refractivity contribution in [1.82, 2.24) is 10.6 Å². The van der Waals surface area contributed by atoms with Crippen LogP contribution in [0.15, 0.2) is 0 Å². The maximum atomic E-state index is 12.0. The molecule has 0 saturated heterocycles. The molecule has 0 heterocycles. The Kier molecular flexibility index (Phi) is 37.1. The maximum Gasteiger partial charge on any atom is 0.320 e. The molecule has 0 aliphatic heterocycles. The molecule has 0 aromatic carbocycles. The lowest BCUT2D eigenvalue weighted by Gasteiger charge is -2.08. The number of hydrogen-bond acceptors (Lipinski definition) is 10. The number of hydrogen-bond donors (Lipinski definition) is 5. The molecule has 0 fully saturated rings. The van der Waals surface area contributed by atoms with E-state index in [2.05, 4.69) is 10.6 Å². The van der Waals surface area contributed by atoms with Gasteiger partial charge in [0.05, 0.1) is 33.0 Å². The first-order valence-corrected chi connectivity index (χ1v) is 20.3.